The Balaban J connectivity index is 2.96. The highest BCUT2D eigenvalue weighted by atomic mass is 16.5. The summed E-state index contributed by atoms with van der Waals surface area (Å²) in [5, 5.41) is 9.45. The first-order valence-electron chi connectivity index (χ1n) is 6.31. The predicted molar refractivity (Wildman–Crippen MR) is 69.5 cm³/mol. The van der Waals surface area contributed by atoms with Crippen molar-refractivity contribution in [3.05, 3.63) is 24.0 Å². The van der Waals surface area contributed by atoms with E-state index < -0.39 is 29.2 Å². The molecule has 6 nitrogen and oxygen atoms in total. The number of carbonyl (C=O) groups excluding carboxylic acids is 2. The quantitative estimate of drug-likeness (QED) is 0.771. The number of rotatable bonds is 5. The number of ether oxygens (including phenoxy) is 2. The van der Waals surface area contributed by atoms with E-state index in [1.807, 2.05) is 0 Å². The molecule has 0 amide bonds. The summed E-state index contributed by atoms with van der Waals surface area (Å²) in [6.07, 6.45) is 4.33. The second-order valence-corrected chi connectivity index (χ2v) is 4.56. The molecule has 6 heteroatoms. The Kier molecular flexibility index (Phi) is 5.07. The lowest BCUT2D eigenvalue weighted by molar-refractivity contribution is -0.161. The van der Waals surface area contributed by atoms with Gasteiger partial charge in [0.2, 0.25) is 0 Å². The van der Waals surface area contributed by atoms with Gasteiger partial charge < -0.3 is 14.6 Å². The Morgan fingerprint density at radius 3 is 2.50 bits per heavy atom. The number of allylic oxidation sites excluding steroid dienone is 2. The molecular weight excluding hydrogens is 264 g/mol. The number of carboxylic acid groups (broad SMARTS) is 1. The summed E-state index contributed by atoms with van der Waals surface area (Å²) in [7, 11) is 0. The third kappa shape index (κ3) is 3.26. The molecule has 0 aromatic rings. The van der Waals surface area contributed by atoms with Gasteiger partial charge in [0.25, 0.3) is 0 Å². The molecule has 0 radical (unpaired) electrons. The van der Waals surface area contributed by atoms with E-state index in [4.69, 9.17) is 9.47 Å². The summed E-state index contributed by atoms with van der Waals surface area (Å²) in [6, 6.07) is 0. The van der Waals surface area contributed by atoms with Crippen LogP contribution >= 0.6 is 0 Å². The third-order valence-corrected chi connectivity index (χ3v) is 3.26. The molecule has 0 aromatic carbocycles. The Hall–Kier alpha value is -2.11. The minimum Gasteiger partial charge on any atom is -0.481 e. The van der Waals surface area contributed by atoms with Crippen LogP contribution in [0.15, 0.2) is 24.0 Å². The number of carboxylic acids is 1. The minimum absolute atomic E-state index is 0.0570. The SMILES string of the molecule is CCOC(=O)C(C)C1(C(=O)O)C=CC(OC(C)=O)=CC1. The normalized spacial score (nSPS) is 22.6. The number of hydrogen-bond donors (Lipinski definition) is 1. The Labute approximate surface area is 117 Å². The van der Waals surface area contributed by atoms with Gasteiger partial charge in [-0.25, -0.2) is 0 Å². The van der Waals surface area contributed by atoms with E-state index >= 15 is 0 Å². The van der Waals surface area contributed by atoms with Gasteiger partial charge in [-0.2, -0.15) is 0 Å². The molecule has 2 atom stereocenters. The van der Waals surface area contributed by atoms with Crippen molar-refractivity contribution < 1.29 is 29.0 Å². The van der Waals surface area contributed by atoms with Gasteiger partial charge in [0.05, 0.1) is 12.5 Å². The first kappa shape index (κ1) is 15.9. The van der Waals surface area contributed by atoms with Crippen molar-refractivity contribution in [2.45, 2.75) is 27.2 Å². The van der Waals surface area contributed by atoms with Gasteiger partial charge in [-0.15, -0.1) is 0 Å². The number of esters is 2. The zero-order valence-corrected chi connectivity index (χ0v) is 11.7. The summed E-state index contributed by atoms with van der Waals surface area (Å²) in [5.74, 6) is -2.73. The van der Waals surface area contributed by atoms with E-state index in [9.17, 15) is 19.5 Å². The molecule has 0 heterocycles. The van der Waals surface area contributed by atoms with Gasteiger partial charge in [0.15, 0.2) is 0 Å². The lowest BCUT2D eigenvalue weighted by atomic mass is 9.71. The van der Waals surface area contributed by atoms with Gasteiger partial charge in [0.1, 0.15) is 11.2 Å². The summed E-state index contributed by atoms with van der Waals surface area (Å²) in [4.78, 5) is 34.2. The maximum Gasteiger partial charge on any atom is 0.314 e. The lowest BCUT2D eigenvalue weighted by Gasteiger charge is -2.32. The standard InChI is InChI=1S/C14H18O6/c1-4-19-12(16)9(2)14(13(17)18)7-5-11(6-8-14)20-10(3)15/h5-7,9H,4,8H2,1-3H3,(H,17,18). The van der Waals surface area contributed by atoms with Crippen LogP contribution in [-0.4, -0.2) is 29.6 Å². The van der Waals surface area contributed by atoms with Crippen LogP contribution in [0.4, 0.5) is 0 Å². The molecule has 0 saturated heterocycles. The molecule has 0 aromatic heterocycles. The number of aliphatic carboxylic acids is 1. The Morgan fingerprint density at radius 2 is 2.10 bits per heavy atom. The largest absolute Gasteiger partial charge is 0.481 e. The predicted octanol–water partition coefficient (Wildman–Crippen LogP) is 1.66. The van der Waals surface area contributed by atoms with Crippen LogP contribution in [0, 0.1) is 11.3 Å². The van der Waals surface area contributed by atoms with Crippen LogP contribution in [0.1, 0.15) is 27.2 Å². The van der Waals surface area contributed by atoms with Crippen molar-refractivity contribution in [1.82, 2.24) is 0 Å². The first-order valence-corrected chi connectivity index (χ1v) is 6.31. The molecule has 1 aliphatic carbocycles. The van der Waals surface area contributed by atoms with Crippen LogP contribution in [0.2, 0.25) is 0 Å². The van der Waals surface area contributed by atoms with Crippen LogP contribution < -0.4 is 0 Å². The third-order valence-electron chi connectivity index (χ3n) is 3.26. The van der Waals surface area contributed by atoms with Gasteiger partial charge in [-0.1, -0.05) is 13.0 Å². The van der Waals surface area contributed by atoms with E-state index in [1.54, 1.807) is 6.92 Å². The minimum atomic E-state index is -1.38. The van der Waals surface area contributed by atoms with Crippen molar-refractivity contribution in [3.8, 4) is 0 Å². The Bertz CT molecular complexity index is 476. The van der Waals surface area contributed by atoms with Crippen LogP contribution in [-0.2, 0) is 23.9 Å². The topological polar surface area (TPSA) is 89.9 Å². The average molecular weight is 282 g/mol. The monoisotopic (exact) mass is 282 g/mol. The molecule has 2 unspecified atom stereocenters. The lowest BCUT2D eigenvalue weighted by Crippen LogP contribution is -2.41. The summed E-state index contributed by atoms with van der Waals surface area (Å²) < 4.78 is 9.76. The summed E-state index contributed by atoms with van der Waals surface area (Å²) in [5.41, 5.74) is -1.38. The van der Waals surface area contributed by atoms with Crippen molar-refractivity contribution in [1.29, 1.82) is 0 Å². The van der Waals surface area contributed by atoms with E-state index in [-0.39, 0.29) is 18.8 Å². The van der Waals surface area contributed by atoms with Crippen molar-refractivity contribution in [2.75, 3.05) is 6.61 Å². The van der Waals surface area contributed by atoms with E-state index in [2.05, 4.69) is 0 Å². The molecule has 0 fully saturated rings. The van der Waals surface area contributed by atoms with Crippen LogP contribution in [0.5, 0.6) is 0 Å². The van der Waals surface area contributed by atoms with Crippen molar-refractivity contribution in [3.63, 3.8) is 0 Å². The smallest absolute Gasteiger partial charge is 0.314 e. The highest BCUT2D eigenvalue weighted by molar-refractivity contribution is 5.86. The van der Waals surface area contributed by atoms with Gasteiger partial charge >= 0.3 is 17.9 Å². The highest BCUT2D eigenvalue weighted by Crippen LogP contribution is 2.38. The fourth-order valence-electron chi connectivity index (χ4n) is 2.02. The van der Waals surface area contributed by atoms with E-state index in [0.29, 0.717) is 0 Å². The van der Waals surface area contributed by atoms with E-state index in [1.165, 1.54) is 32.1 Å². The maximum absolute atomic E-state index is 11.8. The average Bonchev–Trinajstić information content (AvgIpc) is 2.38. The fourth-order valence-corrected chi connectivity index (χ4v) is 2.02. The molecule has 1 aliphatic rings. The molecule has 0 bridgehead atoms. The number of hydrogen-bond acceptors (Lipinski definition) is 5. The Morgan fingerprint density at radius 1 is 1.45 bits per heavy atom. The van der Waals surface area contributed by atoms with Crippen molar-refractivity contribution >= 4 is 17.9 Å². The van der Waals surface area contributed by atoms with Crippen LogP contribution in [0.25, 0.3) is 0 Å². The van der Waals surface area contributed by atoms with Gasteiger partial charge in [0, 0.05) is 6.92 Å². The zero-order valence-electron chi connectivity index (χ0n) is 11.7. The summed E-state index contributed by atoms with van der Waals surface area (Å²) >= 11 is 0. The highest BCUT2D eigenvalue weighted by Gasteiger charge is 2.46. The first-order chi connectivity index (χ1) is 9.33. The maximum atomic E-state index is 11.8. The van der Waals surface area contributed by atoms with Gasteiger partial charge in [-0.05, 0) is 25.5 Å². The second kappa shape index (κ2) is 6.36. The molecule has 0 spiro atoms. The second-order valence-electron chi connectivity index (χ2n) is 4.56. The van der Waals surface area contributed by atoms with Crippen molar-refractivity contribution in [2.24, 2.45) is 11.3 Å². The number of carbonyl (C=O) groups is 3. The van der Waals surface area contributed by atoms with Crippen LogP contribution in [0.3, 0.4) is 0 Å². The summed E-state index contributed by atoms with van der Waals surface area (Å²) in [6.45, 7) is 4.63. The molecule has 110 valence electrons. The zero-order chi connectivity index (χ0) is 15.3. The van der Waals surface area contributed by atoms with E-state index in [0.717, 1.165) is 0 Å². The molecule has 0 saturated carbocycles. The molecule has 1 N–H and O–H groups in total. The molecular formula is C14H18O6. The molecule has 0 aliphatic heterocycles. The van der Waals surface area contributed by atoms with Gasteiger partial charge in [-0.3, -0.25) is 14.4 Å². The molecule has 1 rings (SSSR count). The fraction of sp³-hybridized carbons (Fsp3) is 0.500. The molecule has 20 heavy (non-hydrogen) atoms.